The van der Waals surface area contributed by atoms with Crippen LogP contribution in [0.3, 0.4) is 0 Å². The van der Waals surface area contributed by atoms with Crippen molar-refractivity contribution in [1.29, 1.82) is 0 Å². The summed E-state index contributed by atoms with van der Waals surface area (Å²) in [5, 5.41) is 4.97. The van der Waals surface area contributed by atoms with E-state index in [1.165, 1.54) is 0 Å². The third-order valence-corrected chi connectivity index (χ3v) is 4.28. The summed E-state index contributed by atoms with van der Waals surface area (Å²) in [5.41, 5.74) is 1.59. The molecule has 0 bridgehead atoms. The van der Waals surface area contributed by atoms with E-state index in [-0.39, 0.29) is 11.8 Å². The van der Waals surface area contributed by atoms with Crippen LogP contribution in [0.25, 0.3) is 21.9 Å². The second-order valence-electron chi connectivity index (χ2n) is 5.37. The van der Waals surface area contributed by atoms with Crippen LogP contribution in [0, 0.1) is 0 Å². The van der Waals surface area contributed by atoms with Gasteiger partial charge in [0.05, 0.1) is 5.52 Å². The first-order chi connectivity index (χ1) is 10.6. The molecule has 110 valence electrons. The number of hydrogen-bond acceptors (Lipinski definition) is 3. The second kappa shape index (κ2) is 4.81. The molecule has 0 radical (unpaired) electrons. The van der Waals surface area contributed by atoms with Crippen LogP contribution in [0.5, 0.6) is 0 Å². The Morgan fingerprint density at radius 1 is 1.23 bits per heavy atom. The van der Waals surface area contributed by atoms with Crippen molar-refractivity contribution < 1.29 is 9.59 Å². The van der Waals surface area contributed by atoms with E-state index in [1.807, 2.05) is 34.9 Å². The molecule has 1 aliphatic rings. The molecule has 5 nitrogen and oxygen atoms in total. The van der Waals surface area contributed by atoms with Gasteiger partial charge < -0.3 is 4.57 Å². The smallest absolute Gasteiger partial charge is 0.249 e. The van der Waals surface area contributed by atoms with Gasteiger partial charge >= 0.3 is 0 Å². The zero-order chi connectivity index (χ0) is 15.3. The Kier molecular flexibility index (Phi) is 2.90. The fraction of sp³-hybridized carbons (Fsp3) is 0.188. The molecule has 0 aliphatic carbocycles. The molecule has 0 spiro atoms. The van der Waals surface area contributed by atoms with Crippen molar-refractivity contribution in [2.24, 2.45) is 0 Å². The van der Waals surface area contributed by atoms with Crippen LogP contribution < -0.4 is 5.32 Å². The summed E-state index contributed by atoms with van der Waals surface area (Å²) in [6.45, 7) is 0. The zero-order valence-corrected chi connectivity index (χ0v) is 12.3. The number of fused-ring (bicyclic) bond motifs is 3. The van der Waals surface area contributed by atoms with E-state index in [1.54, 1.807) is 6.20 Å². The Hall–Kier alpha value is -2.40. The van der Waals surface area contributed by atoms with Gasteiger partial charge in [-0.15, -0.1) is 0 Å². The van der Waals surface area contributed by atoms with E-state index in [0.29, 0.717) is 17.9 Å². The number of imide groups is 1. The summed E-state index contributed by atoms with van der Waals surface area (Å²) in [4.78, 5) is 28.1. The quantitative estimate of drug-likeness (QED) is 0.703. The molecule has 1 N–H and O–H groups in total. The third kappa shape index (κ3) is 1.89. The highest BCUT2D eigenvalue weighted by Crippen LogP contribution is 2.34. The summed E-state index contributed by atoms with van der Waals surface area (Å²) in [6, 6.07) is 8.98. The van der Waals surface area contributed by atoms with Crippen LogP contribution in [-0.2, 0) is 9.59 Å². The standard InChI is InChI=1S/C16H12ClN3O2/c17-9-3-4-10-11-2-1-7-18-15(11)20(13(10)8-9)12-5-6-14(21)19-16(12)22/h1-4,7-8,12H,5-6H2,(H,19,21,22). The predicted molar refractivity (Wildman–Crippen MR) is 83.7 cm³/mol. The fourth-order valence-electron chi connectivity index (χ4n) is 3.09. The largest absolute Gasteiger partial charge is 0.313 e. The minimum Gasteiger partial charge on any atom is -0.313 e. The molecule has 1 unspecified atom stereocenters. The molecule has 1 aliphatic heterocycles. The fourth-order valence-corrected chi connectivity index (χ4v) is 3.26. The van der Waals surface area contributed by atoms with Crippen molar-refractivity contribution in [3.63, 3.8) is 0 Å². The van der Waals surface area contributed by atoms with Crippen molar-refractivity contribution in [3.05, 3.63) is 41.6 Å². The van der Waals surface area contributed by atoms with Crippen molar-refractivity contribution in [3.8, 4) is 0 Å². The van der Waals surface area contributed by atoms with Gasteiger partial charge in [-0.25, -0.2) is 4.98 Å². The lowest BCUT2D eigenvalue weighted by Crippen LogP contribution is -2.41. The van der Waals surface area contributed by atoms with Gasteiger partial charge in [-0.3, -0.25) is 14.9 Å². The molecule has 0 saturated carbocycles. The minimum absolute atomic E-state index is 0.229. The van der Waals surface area contributed by atoms with Crippen molar-refractivity contribution >= 4 is 45.4 Å². The lowest BCUT2D eigenvalue weighted by Gasteiger charge is -2.23. The molecule has 1 atom stereocenters. The van der Waals surface area contributed by atoms with Crippen molar-refractivity contribution in [2.75, 3.05) is 0 Å². The maximum Gasteiger partial charge on any atom is 0.249 e. The maximum atomic E-state index is 12.3. The number of hydrogen-bond donors (Lipinski definition) is 1. The van der Waals surface area contributed by atoms with Crippen LogP contribution in [0.2, 0.25) is 5.02 Å². The number of halogens is 1. The molecule has 2 amide bonds. The second-order valence-corrected chi connectivity index (χ2v) is 5.81. The van der Waals surface area contributed by atoms with Crippen molar-refractivity contribution in [2.45, 2.75) is 18.9 Å². The molecule has 1 aromatic carbocycles. The Bertz CT molecular complexity index is 932. The van der Waals surface area contributed by atoms with E-state index in [9.17, 15) is 9.59 Å². The first kappa shape index (κ1) is 13.3. The predicted octanol–water partition coefficient (Wildman–Crippen LogP) is 2.82. The third-order valence-electron chi connectivity index (χ3n) is 4.05. The van der Waals surface area contributed by atoms with E-state index >= 15 is 0 Å². The van der Waals surface area contributed by atoms with Gasteiger partial charge in [-0.2, -0.15) is 0 Å². The average molecular weight is 314 g/mol. The maximum absolute atomic E-state index is 12.3. The summed E-state index contributed by atoms with van der Waals surface area (Å²) < 4.78 is 1.89. The zero-order valence-electron chi connectivity index (χ0n) is 11.5. The average Bonchev–Trinajstić information content (AvgIpc) is 2.81. The van der Waals surface area contributed by atoms with Gasteiger partial charge in [-0.05, 0) is 30.7 Å². The van der Waals surface area contributed by atoms with Gasteiger partial charge in [0.25, 0.3) is 0 Å². The molecule has 22 heavy (non-hydrogen) atoms. The van der Waals surface area contributed by atoms with Gasteiger partial charge in [0.15, 0.2) is 0 Å². The molecule has 6 heteroatoms. The number of nitrogens with zero attached hydrogens (tertiary/aromatic N) is 2. The molecule has 2 aromatic heterocycles. The lowest BCUT2D eigenvalue weighted by molar-refractivity contribution is -0.135. The Morgan fingerprint density at radius 2 is 2.09 bits per heavy atom. The number of rotatable bonds is 1. The van der Waals surface area contributed by atoms with Crippen molar-refractivity contribution in [1.82, 2.24) is 14.9 Å². The number of amides is 2. The number of carbonyl (C=O) groups excluding carboxylic acids is 2. The number of pyridine rings is 1. The summed E-state index contributed by atoms with van der Waals surface area (Å²) in [5.74, 6) is -0.520. The summed E-state index contributed by atoms with van der Waals surface area (Å²) >= 11 is 6.13. The molecule has 4 rings (SSSR count). The summed E-state index contributed by atoms with van der Waals surface area (Å²) in [6.07, 6.45) is 2.49. The topological polar surface area (TPSA) is 64.0 Å². The number of carbonyl (C=O) groups is 2. The first-order valence-corrected chi connectivity index (χ1v) is 7.41. The van der Waals surface area contributed by atoms with Crippen LogP contribution in [0.1, 0.15) is 18.9 Å². The number of aromatic nitrogens is 2. The molecule has 1 fully saturated rings. The van der Waals surface area contributed by atoms with Gasteiger partial charge in [0.1, 0.15) is 11.7 Å². The number of piperidine rings is 1. The van der Waals surface area contributed by atoms with E-state index in [4.69, 9.17) is 11.6 Å². The highest BCUT2D eigenvalue weighted by atomic mass is 35.5. The van der Waals surface area contributed by atoms with E-state index in [2.05, 4.69) is 10.3 Å². The molecular weight excluding hydrogens is 302 g/mol. The normalized spacial score (nSPS) is 18.9. The highest BCUT2D eigenvalue weighted by Gasteiger charge is 2.30. The number of benzene rings is 1. The molecular formula is C16H12ClN3O2. The summed E-state index contributed by atoms with van der Waals surface area (Å²) in [7, 11) is 0. The van der Waals surface area contributed by atoms with Gasteiger partial charge in [0, 0.05) is 28.4 Å². The molecule has 1 saturated heterocycles. The van der Waals surface area contributed by atoms with E-state index < -0.39 is 6.04 Å². The molecule has 3 aromatic rings. The Balaban J connectivity index is 2.04. The highest BCUT2D eigenvalue weighted by molar-refractivity contribution is 6.31. The van der Waals surface area contributed by atoms with Crippen LogP contribution in [0.15, 0.2) is 36.5 Å². The number of nitrogens with one attached hydrogen (secondary N) is 1. The Morgan fingerprint density at radius 3 is 2.91 bits per heavy atom. The van der Waals surface area contributed by atoms with Gasteiger partial charge in [-0.1, -0.05) is 17.7 Å². The SMILES string of the molecule is O=C1CCC(n2c3cc(Cl)ccc3c3cccnc32)C(=O)N1. The van der Waals surface area contributed by atoms with Crippen LogP contribution in [-0.4, -0.2) is 21.4 Å². The first-order valence-electron chi connectivity index (χ1n) is 7.03. The van der Waals surface area contributed by atoms with Crippen LogP contribution >= 0.6 is 11.6 Å². The lowest BCUT2D eigenvalue weighted by atomic mass is 10.1. The van der Waals surface area contributed by atoms with E-state index in [0.717, 1.165) is 21.9 Å². The Labute approximate surface area is 130 Å². The molecule has 3 heterocycles. The van der Waals surface area contributed by atoms with Crippen LogP contribution in [0.4, 0.5) is 0 Å². The van der Waals surface area contributed by atoms with Gasteiger partial charge in [0.2, 0.25) is 11.8 Å². The minimum atomic E-state index is -0.453. The monoisotopic (exact) mass is 313 g/mol.